The van der Waals surface area contributed by atoms with Gasteiger partial charge in [0.1, 0.15) is 11.6 Å². The van der Waals surface area contributed by atoms with Crippen LogP contribution in [0.25, 0.3) is 10.9 Å². The second-order valence-corrected chi connectivity index (χ2v) is 10.0. The zero-order chi connectivity index (χ0) is 23.0. The molecule has 176 valence electrons. The minimum Gasteiger partial charge on any atom is -0.497 e. The average molecular weight is 469 g/mol. The molecular formula is C27H33FN2O2S. The Balaban J connectivity index is 1.25. The van der Waals surface area contributed by atoms with Crippen molar-refractivity contribution >= 4 is 22.7 Å². The number of methoxy groups -OCH3 is 1. The zero-order valence-electron chi connectivity index (χ0n) is 19.3. The number of ether oxygens (including phenoxy) is 1. The van der Waals surface area contributed by atoms with Crippen molar-refractivity contribution in [2.45, 2.75) is 30.6 Å². The molecule has 4 nitrogen and oxygen atoms in total. The zero-order valence-corrected chi connectivity index (χ0v) is 20.1. The number of pyridine rings is 1. The number of aliphatic hydroxyl groups is 1. The lowest BCUT2D eigenvalue weighted by Gasteiger charge is -2.38. The highest BCUT2D eigenvalue weighted by Crippen LogP contribution is 2.30. The Labute approximate surface area is 200 Å². The van der Waals surface area contributed by atoms with Crippen molar-refractivity contribution in [1.29, 1.82) is 0 Å². The minimum absolute atomic E-state index is 0.191. The van der Waals surface area contributed by atoms with E-state index in [2.05, 4.69) is 22.0 Å². The van der Waals surface area contributed by atoms with Gasteiger partial charge >= 0.3 is 0 Å². The van der Waals surface area contributed by atoms with Crippen molar-refractivity contribution < 1.29 is 14.2 Å². The molecule has 33 heavy (non-hydrogen) atoms. The van der Waals surface area contributed by atoms with Gasteiger partial charge in [0.15, 0.2) is 0 Å². The van der Waals surface area contributed by atoms with Crippen LogP contribution < -0.4 is 4.74 Å². The summed E-state index contributed by atoms with van der Waals surface area (Å²) in [5.41, 5.74) is 2.32. The fourth-order valence-electron chi connectivity index (χ4n) is 4.85. The molecular weight excluding hydrogens is 435 g/mol. The predicted octanol–water partition coefficient (Wildman–Crippen LogP) is 5.43. The average Bonchev–Trinajstić information content (AvgIpc) is 2.85. The smallest absolute Gasteiger partial charge is 0.123 e. The maximum Gasteiger partial charge on any atom is 0.123 e. The Morgan fingerprint density at radius 2 is 2.00 bits per heavy atom. The summed E-state index contributed by atoms with van der Waals surface area (Å²) >= 11 is 1.76. The van der Waals surface area contributed by atoms with Crippen LogP contribution in [0.15, 0.2) is 59.6 Å². The van der Waals surface area contributed by atoms with Crippen LogP contribution in [-0.2, 0) is 6.42 Å². The maximum atomic E-state index is 13.1. The van der Waals surface area contributed by atoms with E-state index in [0.717, 1.165) is 67.2 Å². The minimum atomic E-state index is -0.191. The molecule has 0 spiro atoms. The number of aliphatic hydroxyl groups excluding tert-OH is 1. The standard InChI is InChI=1S/C27H33FN2O2S/c1-32-24-7-10-27-26(17-24)21(11-13-29-27)4-2-3-20-12-14-30(18-22(20)19-31)15-16-33-25-8-5-23(28)6-9-25/h5-11,13,17,20,22,31H,2-4,12,14-16,18-19H2,1H3/t20-,22-/m1/s1. The van der Waals surface area contributed by atoms with E-state index in [1.54, 1.807) is 18.9 Å². The lowest BCUT2D eigenvalue weighted by molar-refractivity contribution is 0.0710. The van der Waals surface area contributed by atoms with E-state index in [9.17, 15) is 9.50 Å². The van der Waals surface area contributed by atoms with Gasteiger partial charge in [0.05, 0.1) is 12.6 Å². The molecule has 2 atom stereocenters. The van der Waals surface area contributed by atoms with Crippen LogP contribution in [0.2, 0.25) is 0 Å². The van der Waals surface area contributed by atoms with Crippen LogP contribution in [0.1, 0.15) is 24.8 Å². The Morgan fingerprint density at radius 3 is 2.79 bits per heavy atom. The number of nitrogens with zero attached hydrogens (tertiary/aromatic N) is 2. The summed E-state index contributed by atoms with van der Waals surface area (Å²) in [6, 6.07) is 14.9. The van der Waals surface area contributed by atoms with E-state index in [0.29, 0.717) is 11.8 Å². The highest BCUT2D eigenvalue weighted by molar-refractivity contribution is 7.99. The van der Waals surface area contributed by atoms with Gasteiger partial charge in [-0.25, -0.2) is 4.39 Å². The Hall–Kier alpha value is -2.15. The third kappa shape index (κ3) is 6.46. The van der Waals surface area contributed by atoms with Gasteiger partial charge in [-0.3, -0.25) is 4.98 Å². The molecule has 4 rings (SSSR count). The third-order valence-electron chi connectivity index (χ3n) is 6.76. The molecule has 1 N–H and O–H groups in total. The van der Waals surface area contributed by atoms with Crippen molar-refractivity contribution in [2.75, 3.05) is 39.1 Å². The Morgan fingerprint density at radius 1 is 1.15 bits per heavy atom. The molecule has 0 unspecified atom stereocenters. The maximum absolute atomic E-state index is 13.1. The first-order chi connectivity index (χ1) is 16.2. The molecule has 1 fully saturated rings. The Bertz CT molecular complexity index is 1030. The second-order valence-electron chi connectivity index (χ2n) is 8.84. The molecule has 3 aromatic rings. The molecule has 0 bridgehead atoms. The summed E-state index contributed by atoms with van der Waals surface area (Å²) in [7, 11) is 1.69. The van der Waals surface area contributed by atoms with Gasteiger partial charge < -0.3 is 14.7 Å². The van der Waals surface area contributed by atoms with E-state index in [1.165, 1.54) is 23.1 Å². The number of hydrogen-bond acceptors (Lipinski definition) is 5. The quantitative estimate of drug-likeness (QED) is 0.402. The molecule has 1 aliphatic heterocycles. The monoisotopic (exact) mass is 468 g/mol. The van der Waals surface area contributed by atoms with Gasteiger partial charge in [0.25, 0.3) is 0 Å². The topological polar surface area (TPSA) is 45.6 Å². The fraction of sp³-hybridized carbons (Fsp3) is 0.444. The molecule has 2 heterocycles. The molecule has 6 heteroatoms. The fourth-order valence-corrected chi connectivity index (χ4v) is 5.77. The number of aromatic nitrogens is 1. The van der Waals surface area contributed by atoms with Crippen molar-refractivity contribution in [3.63, 3.8) is 0 Å². The number of benzene rings is 2. The van der Waals surface area contributed by atoms with Crippen LogP contribution in [0.5, 0.6) is 5.75 Å². The molecule has 0 radical (unpaired) electrons. The summed E-state index contributed by atoms with van der Waals surface area (Å²) in [5, 5.41) is 11.2. The number of hydrogen-bond donors (Lipinski definition) is 1. The molecule has 1 aliphatic rings. The van der Waals surface area contributed by atoms with Crippen molar-refractivity contribution in [2.24, 2.45) is 11.8 Å². The van der Waals surface area contributed by atoms with Crippen LogP contribution in [0.3, 0.4) is 0 Å². The molecule has 0 amide bonds. The second kappa shape index (κ2) is 11.8. The summed E-state index contributed by atoms with van der Waals surface area (Å²) in [4.78, 5) is 8.06. The highest BCUT2D eigenvalue weighted by Gasteiger charge is 2.28. The van der Waals surface area contributed by atoms with Crippen LogP contribution in [0, 0.1) is 17.7 Å². The normalized spacial score (nSPS) is 19.1. The van der Waals surface area contributed by atoms with E-state index in [1.807, 2.05) is 30.5 Å². The SMILES string of the molecule is COc1ccc2nccc(CCC[C@@H]3CCN(CCSc4ccc(F)cc4)C[C@@H]3CO)c2c1. The lowest BCUT2D eigenvalue weighted by atomic mass is 9.82. The number of aryl methyl sites for hydroxylation is 1. The number of fused-ring (bicyclic) bond motifs is 1. The lowest BCUT2D eigenvalue weighted by Crippen LogP contribution is -2.42. The van der Waals surface area contributed by atoms with E-state index in [4.69, 9.17) is 4.74 Å². The molecule has 2 aromatic carbocycles. The van der Waals surface area contributed by atoms with Gasteiger partial charge in [-0.15, -0.1) is 11.8 Å². The summed E-state index contributed by atoms with van der Waals surface area (Å²) in [5.74, 6) is 2.56. The Kier molecular flexibility index (Phi) is 8.59. The highest BCUT2D eigenvalue weighted by atomic mass is 32.2. The van der Waals surface area contributed by atoms with E-state index >= 15 is 0 Å². The predicted molar refractivity (Wildman–Crippen MR) is 133 cm³/mol. The first-order valence-electron chi connectivity index (χ1n) is 11.8. The molecule has 1 saturated heterocycles. The molecule has 1 aromatic heterocycles. The van der Waals surface area contributed by atoms with Crippen molar-refractivity contribution in [1.82, 2.24) is 9.88 Å². The number of likely N-dealkylation sites (tertiary alicyclic amines) is 1. The summed E-state index contributed by atoms with van der Waals surface area (Å²) in [6.07, 6.45) is 6.29. The third-order valence-corrected chi connectivity index (χ3v) is 7.75. The molecule has 0 saturated carbocycles. The van der Waals surface area contributed by atoms with Crippen LogP contribution >= 0.6 is 11.8 Å². The number of rotatable bonds is 10. The first kappa shape index (κ1) is 24.0. The first-order valence-corrected chi connectivity index (χ1v) is 12.8. The van der Waals surface area contributed by atoms with Crippen molar-refractivity contribution in [3.05, 3.63) is 66.1 Å². The number of piperidine rings is 1. The van der Waals surface area contributed by atoms with Gasteiger partial charge in [-0.2, -0.15) is 0 Å². The van der Waals surface area contributed by atoms with E-state index < -0.39 is 0 Å². The van der Waals surface area contributed by atoms with Crippen LogP contribution in [0.4, 0.5) is 4.39 Å². The van der Waals surface area contributed by atoms with E-state index in [-0.39, 0.29) is 12.4 Å². The largest absolute Gasteiger partial charge is 0.497 e. The van der Waals surface area contributed by atoms with Gasteiger partial charge in [-0.1, -0.05) is 0 Å². The number of thioether (sulfide) groups is 1. The van der Waals surface area contributed by atoms with Crippen LogP contribution in [-0.4, -0.2) is 54.1 Å². The van der Waals surface area contributed by atoms with Gasteiger partial charge in [-0.05, 0) is 98.2 Å². The molecule has 0 aliphatic carbocycles. The van der Waals surface area contributed by atoms with Gasteiger partial charge in [0.2, 0.25) is 0 Å². The number of halogens is 1. The van der Waals surface area contributed by atoms with Gasteiger partial charge in [0, 0.05) is 41.9 Å². The summed E-state index contributed by atoms with van der Waals surface area (Å²) in [6.45, 7) is 3.29. The van der Waals surface area contributed by atoms with Crippen molar-refractivity contribution in [3.8, 4) is 5.75 Å². The summed E-state index contributed by atoms with van der Waals surface area (Å²) < 4.78 is 18.5.